The standard InChI is InChI=1S/C9H15IN4O/c1-14(4-7(11)5-15-2)9-8(10)3-12-6-13-9/h3,6-7H,4-5,11H2,1-2H3. The van der Waals surface area contributed by atoms with Crippen LogP contribution in [0.25, 0.3) is 0 Å². The quantitative estimate of drug-likeness (QED) is 0.800. The zero-order valence-corrected chi connectivity index (χ0v) is 11.0. The lowest BCUT2D eigenvalue weighted by molar-refractivity contribution is 0.181. The number of aromatic nitrogens is 2. The van der Waals surface area contributed by atoms with Crippen molar-refractivity contribution < 1.29 is 4.74 Å². The summed E-state index contributed by atoms with van der Waals surface area (Å²) in [5.41, 5.74) is 5.86. The maximum Gasteiger partial charge on any atom is 0.145 e. The van der Waals surface area contributed by atoms with Gasteiger partial charge in [0, 0.05) is 32.9 Å². The van der Waals surface area contributed by atoms with Crippen LogP contribution in [0.15, 0.2) is 12.5 Å². The molecule has 0 aliphatic rings. The molecule has 1 heterocycles. The average molecular weight is 322 g/mol. The summed E-state index contributed by atoms with van der Waals surface area (Å²) >= 11 is 2.20. The predicted octanol–water partition coefficient (Wildman–Crippen LogP) is 0.491. The third-order valence-corrected chi connectivity index (χ3v) is 2.66. The first kappa shape index (κ1) is 12.6. The molecular weight excluding hydrogens is 307 g/mol. The lowest BCUT2D eigenvalue weighted by atomic mass is 10.3. The summed E-state index contributed by atoms with van der Waals surface area (Å²) in [4.78, 5) is 10.2. The van der Waals surface area contributed by atoms with Gasteiger partial charge in [-0.3, -0.25) is 0 Å². The molecule has 1 rings (SSSR count). The molecule has 1 atom stereocenters. The molecule has 0 bridgehead atoms. The van der Waals surface area contributed by atoms with Gasteiger partial charge in [-0.25, -0.2) is 9.97 Å². The minimum Gasteiger partial charge on any atom is -0.383 e. The molecule has 0 saturated heterocycles. The highest BCUT2D eigenvalue weighted by molar-refractivity contribution is 14.1. The van der Waals surface area contributed by atoms with Gasteiger partial charge in [-0.15, -0.1) is 0 Å². The molecule has 5 nitrogen and oxygen atoms in total. The number of hydrogen-bond donors (Lipinski definition) is 1. The van der Waals surface area contributed by atoms with Crippen molar-refractivity contribution in [2.24, 2.45) is 5.73 Å². The van der Waals surface area contributed by atoms with E-state index in [9.17, 15) is 0 Å². The molecule has 0 amide bonds. The van der Waals surface area contributed by atoms with Gasteiger partial charge in [-0.2, -0.15) is 0 Å². The van der Waals surface area contributed by atoms with Crippen molar-refractivity contribution >= 4 is 28.4 Å². The minimum absolute atomic E-state index is 0.00855. The number of anilines is 1. The van der Waals surface area contributed by atoms with E-state index in [1.807, 2.05) is 11.9 Å². The number of nitrogens with two attached hydrogens (primary N) is 1. The van der Waals surface area contributed by atoms with Gasteiger partial charge in [0.05, 0.1) is 10.2 Å². The second kappa shape index (κ2) is 6.19. The lowest BCUT2D eigenvalue weighted by Gasteiger charge is -2.22. The SMILES string of the molecule is COCC(N)CN(C)c1ncncc1I. The van der Waals surface area contributed by atoms with Crippen molar-refractivity contribution in [3.05, 3.63) is 16.1 Å². The maximum atomic E-state index is 5.86. The van der Waals surface area contributed by atoms with Crippen molar-refractivity contribution in [1.29, 1.82) is 0 Å². The Morgan fingerprint density at radius 3 is 3.00 bits per heavy atom. The van der Waals surface area contributed by atoms with Crippen LogP contribution in [0.1, 0.15) is 0 Å². The van der Waals surface area contributed by atoms with E-state index in [2.05, 4.69) is 32.6 Å². The van der Waals surface area contributed by atoms with Crippen LogP contribution in [0, 0.1) is 3.57 Å². The zero-order chi connectivity index (χ0) is 11.3. The fourth-order valence-corrected chi connectivity index (χ4v) is 2.00. The monoisotopic (exact) mass is 322 g/mol. The summed E-state index contributed by atoms with van der Waals surface area (Å²) in [6.45, 7) is 1.26. The van der Waals surface area contributed by atoms with Crippen LogP contribution in [0.3, 0.4) is 0 Å². The van der Waals surface area contributed by atoms with Crippen LogP contribution in [0.2, 0.25) is 0 Å². The summed E-state index contributed by atoms with van der Waals surface area (Å²) < 4.78 is 6.00. The first-order chi connectivity index (χ1) is 7.15. The summed E-state index contributed by atoms with van der Waals surface area (Å²) in [5, 5.41) is 0. The zero-order valence-electron chi connectivity index (χ0n) is 8.85. The normalized spacial score (nSPS) is 12.5. The molecule has 1 unspecified atom stereocenters. The molecule has 0 aromatic carbocycles. The Bertz CT molecular complexity index is 310. The van der Waals surface area contributed by atoms with E-state index in [1.54, 1.807) is 13.3 Å². The molecule has 15 heavy (non-hydrogen) atoms. The molecule has 0 aliphatic carbocycles. The van der Waals surface area contributed by atoms with Crippen molar-refractivity contribution in [3.8, 4) is 0 Å². The highest BCUT2D eigenvalue weighted by Gasteiger charge is 2.10. The molecule has 6 heteroatoms. The predicted molar refractivity (Wildman–Crippen MR) is 67.9 cm³/mol. The third-order valence-electron chi connectivity index (χ3n) is 1.90. The number of methoxy groups -OCH3 is 1. The van der Waals surface area contributed by atoms with Gasteiger partial charge < -0.3 is 15.4 Å². The Hall–Kier alpha value is -0.470. The smallest absolute Gasteiger partial charge is 0.145 e. The second-order valence-corrected chi connectivity index (χ2v) is 4.45. The fraction of sp³-hybridized carbons (Fsp3) is 0.556. The van der Waals surface area contributed by atoms with E-state index in [1.165, 1.54) is 6.33 Å². The van der Waals surface area contributed by atoms with Crippen molar-refractivity contribution in [2.45, 2.75) is 6.04 Å². The van der Waals surface area contributed by atoms with E-state index in [0.717, 1.165) is 9.39 Å². The summed E-state index contributed by atoms with van der Waals surface area (Å²) in [6.07, 6.45) is 3.32. The maximum absolute atomic E-state index is 5.86. The highest BCUT2D eigenvalue weighted by atomic mass is 127. The number of halogens is 1. The van der Waals surface area contributed by atoms with Crippen LogP contribution < -0.4 is 10.6 Å². The largest absolute Gasteiger partial charge is 0.383 e. The number of hydrogen-bond acceptors (Lipinski definition) is 5. The van der Waals surface area contributed by atoms with E-state index < -0.39 is 0 Å². The van der Waals surface area contributed by atoms with Crippen LogP contribution in [0.4, 0.5) is 5.82 Å². The van der Waals surface area contributed by atoms with E-state index >= 15 is 0 Å². The van der Waals surface area contributed by atoms with Gasteiger partial charge >= 0.3 is 0 Å². The van der Waals surface area contributed by atoms with Crippen molar-refractivity contribution in [1.82, 2.24) is 9.97 Å². The van der Waals surface area contributed by atoms with Gasteiger partial charge in [0.25, 0.3) is 0 Å². The Labute approximate surface area is 103 Å². The van der Waals surface area contributed by atoms with Crippen molar-refractivity contribution in [3.63, 3.8) is 0 Å². The molecule has 2 N–H and O–H groups in total. The Balaban J connectivity index is 2.61. The molecule has 1 aromatic heterocycles. The Kier molecular flexibility index (Phi) is 5.20. The van der Waals surface area contributed by atoms with Gasteiger partial charge in [-0.05, 0) is 22.6 Å². The first-order valence-corrected chi connectivity index (χ1v) is 5.64. The Morgan fingerprint density at radius 2 is 2.40 bits per heavy atom. The molecule has 84 valence electrons. The average Bonchev–Trinajstić information content (AvgIpc) is 2.18. The fourth-order valence-electron chi connectivity index (χ4n) is 1.29. The van der Waals surface area contributed by atoms with E-state index in [-0.39, 0.29) is 6.04 Å². The van der Waals surface area contributed by atoms with Crippen molar-refractivity contribution in [2.75, 3.05) is 32.2 Å². The highest BCUT2D eigenvalue weighted by Crippen LogP contribution is 2.16. The molecule has 0 fully saturated rings. The topological polar surface area (TPSA) is 64.3 Å². The van der Waals surface area contributed by atoms with Gasteiger partial charge in [0.2, 0.25) is 0 Å². The molecule has 0 saturated carbocycles. The number of rotatable bonds is 5. The molecule has 0 aliphatic heterocycles. The summed E-state index contributed by atoms with van der Waals surface area (Å²) in [6, 6.07) is -0.00855. The molecule has 1 aromatic rings. The molecular formula is C9H15IN4O. The molecule has 0 radical (unpaired) electrons. The van der Waals surface area contributed by atoms with Gasteiger partial charge in [0.1, 0.15) is 12.1 Å². The number of ether oxygens (including phenoxy) is 1. The minimum atomic E-state index is -0.00855. The second-order valence-electron chi connectivity index (χ2n) is 3.29. The van der Waals surface area contributed by atoms with Crippen LogP contribution in [-0.2, 0) is 4.74 Å². The summed E-state index contributed by atoms with van der Waals surface area (Å²) in [7, 11) is 3.61. The van der Waals surface area contributed by atoms with E-state index in [0.29, 0.717) is 13.2 Å². The van der Waals surface area contributed by atoms with Crippen LogP contribution in [0.5, 0.6) is 0 Å². The lowest BCUT2D eigenvalue weighted by Crippen LogP contribution is -2.39. The van der Waals surface area contributed by atoms with Gasteiger partial charge in [0.15, 0.2) is 0 Å². The number of likely N-dealkylation sites (N-methyl/N-ethyl adjacent to an activating group) is 1. The summed E-state index contributed by atoms with van der Waals surface area (Å²) in [5.74, 6) is 0.900. The number of nitrogens with zero attached hydrogens (tertiary/aromatic N) is 3. The Morgan fingerprint density at radius 1 is 1.67 bits per heavy atom. The third kappa shape index (κ3) is 3.88. The van der Waals surface area contributed by atoms with Crippen LogP contribution in [-0.4, -0.2) is 43.3 Å². The molecule has 0 spiro atoms. The van der Waals surface area contributed by atoms with E-state index in [4.69, 9.17) is 10.5 Å². The first-order valence-electron chi connectivity index (χ1n) is 4.56. The van der Waals surface area contributed by atoms with Gasteiger partial charge in [-0.1, -0.05) is 0 Å². The van der Waals surface area contributed by atoms with Crippen LogP contribution >= 0.6 is 22.6 Å².